The van der Waals surface area contributed by atoms with Crippen LogP contribution in [0.4, 0.5) is 0 Å². The van der Waals surface area contributed by atoms with Gasteiger partial charge in [-0.2, -0.15) is 5.10 Å². The van der Waals surface area contributed by atoms with E-state index < -0.39 is 0 Å². The molecular formula is C26H34N6O2. The van der Waals surface area contributed by atoms with Crippen LogP contribution in [0.15, 0.2) is 35.5 Å². The molecule has 1 aliphatic heterocycles. The molecule has 8 nitrogen and oxygen atoms in total. The molecule has 1 aliphatic rings. The van der Waals surface area contributed by atoms with Gasteiger partial charge in [0.05, 0.1) is 24.2 Å². The molecule has 1 fully saturated rings. The number of rotatable bonds is 7. The fourth-order valence-electron chi connectivity index (χ4n) is 5.46. The van der Waals surface area contributed by atoms with Gasteiger partial charge in [0.1, 0.15) is 6.33 Å². The molecule has 1 unspecified atom stereocenters. The molecule has 34 heavy (non-hydrogen) atoms. The molecule has 0 bridgehead atoms. The summed E-state index contributed by atoms with van der Waals surface area (Å²) in [5.41, 5.74) is 5.61. The van der Waals surface area contributed by atoms with Crippen molar-refractivity contribution in [2.24, 2.45) is 5.92 Å². The van der Waals surface area contributed by atoms with Crippen molar-refractivity contribution in [1.29, 1.82) is 0 Å². The number of aromatic nitrogens is 5. The molecule has 0 spiro atoms. The van der Waals surface area contributed by atoms with Crippen molar-refractivity contribution in [3.05, 3.63) is 46.8 Å². The number of benzene rings is 1. The zero-order valence-corrected chi connectivity index (χ0v) is 20.5. The standard InChI is InChI=1S/C26H34N6O2/c1-5-18(6-2)13-30-9-7-8-20(15-30)32-23-10-17(3)21(12-22(23)29-26(32)33)19-11-24(34-4)25-27-16-28-31(25)14-19/h10-12,14,16,18,20H,5-9,13,15H2,1-4H3,(H,29,33). The number of imidazole rings is 1. The summed E-state index contributed by atoms with van der Waals surface area (Å²) in [7, 11) is 1.64. The Balaban J connectivity index is 1.51. The number of H-pyrrole nitrogens is 1. The van der Waals surface area contributed by atoms with Crippen molar-refractivity contribution in [1.82, 2.24) is 29.0 Å². The zero-order valence-electron chi connectivity index (χ0n) is 20.5. The lowest BCUT2D eigenvalue weighted by Crippen LogP contribution is -2.41. The van der Waals surface area contributed by atoms with Gasteiger partial charge in [-0.1, -0.05) is 26.7 Å². The maximum atomic E-state index is 13.1. The van der Waals surface area contributed by atoms with Crippen molar-refractivity contribution in [3.63, 3.8) is 0 Å². The number of aromatic amines is 1. The van der Waals surface area contributed by atoms with E-state index in [0.29, 0.717) is 11.4 Å². The summed E-state index contributed by atoms with van der Waals surface area (Å²) < 4.78 is 9.26. The third-order valence-electron chi connectivity index (χ3n) is 7.45. The number of hydrogen-bond acceptors (Lipinski definition) is 5. The van der Waals surface area contributed by atoms with Gasteiger partial charge in [0.25, 0.3) is 0 Å². The highest BCUT2D eigenvalue weighted by Gasteiger charge is 2.26. The van der Waals surface area contributed by atoms with Crippen LogP contribution in [-0.4, -0.2) is 55.8 Å². The number of likely N-dealkylation sites (tertiary alicyclic amines) is 1. The number of ether oxygens (including phenoxy) is 1. The largest absolute Gasteiger partial charge is 0.493 e. The van der Waals surface area contributed by atoms with Crippen molar-refractivity contribution >= 4 is 16.7 Å². The highest BCUT2D eigenvalue weighted by Crippen LogP contribution is 2.33. The lowest BCUT2D eigenvalue weighted by atomic mass is 9.98. The van der Waals surface area contributed by atoms with Gasteiger partial charge in [0, 0.05) is 24.8 Å². The molecule has 3 aromatic heterocycles. The first kappa shape index (κ1) is 22.7. The minimum Gasteiger partial charge on any atom is -0.493 e. The van der Waals surface area contributed by atoms with Crippen molar-refractivity contribution in [3.8, 4) is 16.9 Å². The van der Waals surface area contributed by atoms with E-state index in [2.05, 4.69) is 52.9 Å². The molecule has 1 N–H and O–H groups in total. The quantitative estimate of drug-likeness (QED) is 0.439. The van der Waals surface area contributed by atoms with Gasteiger partial charge < -0.3 is 14.6 Å². The summed E-state index contributed by atoms with van der Waals surface area (Å²) in [6.07, 6.45) is 8.04. The third kappa shape index (κ3) is 4.00. The second-order valence-electron chi connectivity index (χ2n) is 9.55. The number of methoxy groups -OCH3 is 1. The lowest BCUT2D eigenvalue weighted by molar-refractivity contribution is 0.151. The summed E-state index contributed by atoms with van der Waals surface area (Å²) in [6, 6.07) is 6.39. The van der Waals surface area contributed by atoms with Gasteiger partial charge in [-0.3, -0.25) is 4.57 Å². The Morgan fingerprint density at radius 2 is 2.06 bits per heavy atom. The Kier molecular flexibility index (Phi) is 6.16. The summed E-state index contributed by atoms with van der Waals surface area (Å²) in [4.78, 5) is 23.1. The van der Waals surface area contributed by atoms with Gasteiger partial charge in [0.15, 0.2) is 11.4 Å². The monoisotopic (exact) mass is 462 g/mol. The first-order chi connectivity index (χ1) is 16.5. The van der Waals surface area contributed by atoms with Crippen LogP contribution < -0.4 is 10.4 Å². The summed E-state index contributed by atoms with van der Waals surface area (Å²) in [5.74, 6) is 1.39. The normalized spacial score (nSPS) is 17.3. The third-order valence-corrected chi connectivity index (χ3v) is 7.45. The van der Waals surface area contributed by atoms with Gasteiger partial charge >= 0.3 is 5.69 Å². The van der Waals surface area contributed by atoms with E-state index in [1.54, 1.807) is 11.6 Å². The van der Waals surface area contributed by atoms with Gasteiger partial charge in [-0.25, -0.2) is 14.3 Å². The maximum Gasteiger partial charge on any atom is 0.326 e. The van der Waals surface area contributed by atoms with Crippen LogP contribution in [0.25, 0.3) is 27.8 Å². The molecule has 4 aromatic rings. The van der Waals surface area contributed by atoms with E-state index in [1.165, 1.54) is 19.2 Å². The number of aryl methyl sites for hydroxylation is 1. The van der Waals surface area contributed by atoms with Gasteiger partial charge in [-0.15, -0.1) is 0 Å². The first-order valence-corrected chi connectivity index (χ1v) is 12.4. The Hall–Kier alpha value is -3.13. The van der Waals surface area contributed by atoms with E-state index in [4.69, 9.17) is 4.74 Å². The van der Waals surface area contributed by atoms with Crippen LogP contribution in [-0.2, 0) is 0 Å². The molecule has 8 heteroatoms. The summed E-state index contributed by atoms with van der Waals surface area (Å²) in [6.45, 7) is 9.82. The highest BCUT2D eigenvalue weighted by molar-refractivity contribution is 5.85. The lowest BCUT2D eigenvalue weighted by Gasteiger charge is -2.35. The molecule has 1 atom stereocenters. The molecule has 1 aromatic carbocycles. The van der Waals surface area contributed by atoms with Gasteiger partial charge in [0.2, 0.25) is 0 Å². The van der Waals surface area contributed by atoms with Crippen molar-refractivity contribution in [2.75, 3.05) is 26.7 Å². The molecule has 0 aliphatic carbocycles. The number of pyridine rings is 1. The average molecular weight is 463 g/mol. The first-order valence-electron chi connectivity index (χ1n) is 12.4. The Morgan fingerprint density at radius 3 is 2.82 bits per heavy atom. The fourth-order valence-corrected chi connectivity index (χ4v) is 5.46. The van der Waals surface area contributed by atoms with Crippen molar-refractivity contribution < 1.29 is 4.74 Å². The molecule has 1 saturated heterocycles. The Morgan fingerprint density at radius 1 is 1.24 bits per heavy atom. The fraction of sp³-hybridized carbons (Fsp3) is 0.500. The SMILES string of the molecule is CCC(CC)CN1CCCC(n2c(=O)[nH]c3cc(-c4cc(OC)c5ncnn5c4)c(C)cc32)C1. The minimum absolute atomic E-state index is 0.0229. The second kappa shape index (κ2) is 9.25. The number of hydrogen-bond donors (Lipinski definition) is 1. The number of nitrogens with zero attached hydrogens (tertiary/aromatic N) is 5. The van der Waals surface area contributed by atoms with Gasteiger partial charge in [-0.05, 0) is 61.6 Å². The van der Waals surface area contributed by atoms with Crippen molar-refractivity contribution in [2.45, 2.75) is 52.5 Å². The highest BCUT2D eigenvalue weighted by atomic mass is 16.5. The van der Waals surface area contributed by atoms with Crippen LogP contribution in [0, 0.1) is 12.8 Å². The average Bonchev–Trinajstić information content (AvgIpc) is 3.44. The molecule has 0 amide bonds. The predicted molar refractivity (Wildman–Crippen MR) is 135 cm³/mol. The number of piperidine rings is 1. The molecule has 0 saturated carbocycles. The van der Waals surface area contributed by atoms with Crippen LogP contribution in [0.1, 0.15) is 51.1 Å². The molecule has 5 rings (SSSR count). The maximum absolute atomic E-state index is 13.1. The zero-order chi connectivity index (χ0) is 23.8. The Labute approximate surface area is 199 Å². The smallest absolute Gasteiger partial charge is 0.326 e. The minimum atomic E-state index is -0.0229. The van der Waals surface area contributed by atoms with Crippen LogP contribution >= 0.6 is 0 Å². The van der Waals surface area contributed by atoms with E-state index in [1.807, 2.05) is 16.8 Å². The van der Waals surface area contributed by atoms with E-state index in [9.17, 15) is 4.79 Å². The second-order valence-corrected chi connectivity index (χ2v) is 9.55. The molecule has 0 radical (unpaired) electrons. The van der Waals surface area contributed by atoms with E-state index in [0.717, 1.165) is 66.1 Å². The number of nitrogens with one attached hydrogen (secondary N) is 1. The summed E-state index contributed by atoms with van der Waals surface area (Å²) in [5, 5.41) is 4.28. The molecule has 4 heterocycles. The summed E-state index contributed by atoms with van der Waals surface area (Å²) >= 11 is 0. The Bertz CT molecular complexity index is 1360. The molecule has 180 valence electrons. The van der Waals surface area contributed by atoms with Crippen LogP contribution in [0.5, 0.6) is 5.75 Å². The van der Waals surface area contributed by atoms with Crippen LogP contribution in [0.3, 0.4) is 0 Å². The number of fused-ring (bicyclic) bond motifs is 2. The predicted octanol–water partition coefficient (Wildman–Crippen LogP) is 4.43. The van der Waals surface area contributed by atoms with E-state index in [-0.39, 0.29) is 11.7 Å². The van der Waals surface area contributed by atoms with Crippen LogP contribution in [0.2, 0.25) is 0 Å². The topological polar surface area (TPSA) is 80.5 Å². The molecular weight excluding hydrogens is 428 g/mol. The van der Waals surface area contributed by atoms with E-state index >= 15 is 0 Å².